The fourth-order valence-electron chi connectivity index (χ4n) is 1.42. The van der Waals surface area contributed by atoms with E-state index in [2.05, 4.69) is 15.9 Å². The molecule has 0 amide bonds. The van der Waals surface area contributed by atoms with Crippen molar-refractivity contribution in [2.24, 2.45) is 0 Å². The Bertz CT molecular complexity index is 531. The van der Waals surface area contributed by atoms with Crippen molar-refractivity contribution in [2.75, 3.05) is 5.73 Å². The third kappa shape index (κ3) is 3.38. The van der Waals surface area contributed by atoms with Crippen LogP contribution in [0.25, 0.3) is 0 Å². The van der Waals surface area contributed by atoms with Crippen LogP contribution in [0.15, 0.2) is 46.9 Å². The third-order valence-corrected chi connectivity index (χ3v) is 3.03. The molecule has 17 heavy (non-hydrogen) atoms. The van der Waals surface area contributed by atoms with Crippen molar-refractivity contribution in [3.8, 4) is 5.75 Å². The maximum atomic E-state index is 5.88. The first-order valence-corrected chi connectivity index (χ1v) is 6.24. The Morgan fingerprint density at radius 3 is 2.71 bits per heavy atom. The van der Waals surface area contributed by atoms with E-state index >= 15 is 0 Å². The predicted octanol–water partition coefficient (Wildman–Crippen LogP) is 4.26. The summed E-state index contributed by atoms with van der Waals surface area (Å²) in [6, 6.07) is 13.0. The summed E-state index contributed by atoms with van der Waals surface area (Å²) >= 11 is 9.23. The molecule has 0 atom stereocenters. The lowest BCUT2D eigenvalue weighted by atomic mass is 10.2. The van der Waals surface area contributed by atoms with Crippen LogP contribution in [0, 0.1) is 0 Å². The Balaban J connectivity index is 2.07. The zero-order valence-corrected chi connectivity index (χ0v) is 11.3. The van der Waals surface area contributed by atoms with Gasteiger partial charge in [-0.2, -0.15) is 0 Å². The number of benzene rings is 2. The second kappa shape index (κ2) is 5.43. The molecular weight excluding hydrogens is 302 g/mol. The summed E-state index contributed by atoms with van der Waals surface area (Å²) < 4.78 is 6.57. The van der Waals surface area contributed by atoms with Crippen molar-refractivity contribution < 1.29 is 4.74 Å². The minimum Gasteiger partial charge on any atom is -0.489 e. The Morgan fingerprint density at radius 1 is 1.18 bits per heavy atom. The van der Waals surface area contributed by atoms with E-state index < -0.39 is 0 Å². The van der Waals surface area contributed by atoms with E-state index in [-0.39, 0.29) is 0 Å². The molecule has 0 aliphatic heterocycles. The molecule has 2 aromatic carbocycles. The Kier molecular flexibility index (Phi) is 3.92. The fraction of sp³-hybridized carbons (Fsp3) is 0.0769. The van der Waals surface area contributed by atoms with Crippen LogP contribution in [0.3, 0.4) is 0 Å². The molecule has 0 fully saturated rings. The zero-order chi connectivity index (χ0) is 12.3. The number of ether oxygens (including phenoxy) is 1. The van der Waals surface area contributed by atoms with Crippen LogP contribution in [-0.2, 0) is 6.61 Å². The molecule has 2 N–H and O–H groups in total. The zero-order valence-electron chi connectivity index (χ0n) is 8.99. The molecule has 0 saturated carbocycles. The average Bonchev–Trinajstić information content (AvgIpc) is 2.28. The lowest BCUT2D eigenvalue weighted by Gasteiger charge is -2.09. The predicted molar refractivity (Wildman–Crippen MR) is 74.3 cm³/mol. The van der Waals surface area contributed by atoms with E-state index in [1.807, 2.05) is 36.4 Å². The number of nitrogens with two attached hydrogens (primary N) is 1. The van der Waals surface area contributed by atoms with E-state index in [1.165, 1.54) is 0 Å². The van der Waals surface area contributed by atoms with Crippen molar-refractivity contribution in [3.05, 3.63) is 57.5 Å². The first-order valence-electron chi connectivity index (χ1n) is 5.07. The van der Waals surface area contributed by atoms with Crippen LogP contribution in [0.1, 0.15) is 5.56 Å². The summed E-state index contributed by atoms with van der Waals surface area (Å²) in [6.07, 6.45) is 0. The lowest BCUT2D eigenvalue weighted by molar-refractivity contribution is 0.307. The highest BCUT2D eigenvalue weighted by molar-refractivity contribution is 9.10. The van der Waals surface area contributed by atoms with Gasteiger partial charge >= 0.3 is 0 Å². The highest BCUT2D eigenvalue weighted by Gasteiger charge is 2.01. The molecule has 0 saturated heterocycles. The highest BCUT2D eigenvalue weighted by Crippen LogP contribution is 2.22. The van der Waals surface area contributed by atoms with Gasteiger partial charge in [-0.3, -0.25) is 0 Å². The van der Waals surface area contributed by atoms with Gasteiger partial charge in [0.2, 0.25) is 0 Å². The van der Waals surface area contributed by atoms with E-state index in [1.54, 1.807) is 6.07 Å². The summed E-state index contributed by atoms with van der Waals surface area (Å²) in [6.45, 7) is 0.430. The van der Waals surface area contributed by atoms with Gasteiger partial charge in [-0.15, -0.1) is 0 Å². The van der Waals surface area contributed by atoms with Crippen LogP contribution in [-0.4, -0.2) is 0 Å². The summed E-state index contributed by atoms with van der Waals surface area (Å²) in [4.78, 5) is 0. The largest absolute Gasteiger partial charge is 0.489 e. The number of hydrogen-bond donors (Lipinski definition) is 1. The Morgan fingerprint density at radius 2 is 2.00 bits per heavy atom. The summed E-state index contributed by atoms with van der Waals surface area (Å²) in [5.74, 6) is 0.736. The van der Waals surface area contributed by atoms with Crippen molar-refractivity contribution in [1.29, 1.82) is 0 Å². The molecule has 0 radical (unpaired) electrons. The number of rotatable bonds is 3. The van der Waals surface area contributed by atoms with Crippen molar-refractivity contribution in [2.45, 2.75) is 6.61 Å². The first kappa shape index (κ1) is 12.3. The van der Waals surface area contributed by atoms with Crippen LogP contribution in [0.2, 0.25) is 5.02 Å². The summed E-state index contributed by atoms with van der Waals surface area (Å²) in [5.41, 5.74) is 7.54. The van der Waals surface area contributed by atoms with Crippen LogP contribution >= 0.6 is 27.5 Å². The molecule has 0 spiro atoms. The average molecular weight is 313 g/mol. The van der Waals surface area contributed by atoms with Crippen molar-refractivity contribution in [3.63, 3.8) is 0 Å². The molecule has 88 valence electrons. The van der Waals surface area contributed by atoms with E-state index in [0.29, 0.717) is 17.3 Å². The molecule has 2 rings (SSSR count). The van der Waals surface area contributed by atoms with Gasteiger partial charge in [0.1, 0.15) is 12.4 Å². The fourth-order valence-corrected chi connectivity index (χ4v) is 1.97. The second-order valence-corrected chi connectivity index (χ2v) is 4.94. The van der Waals surface area contributed by atoms with Crippen LogP contribution < -0.4 is 10.5 Å². The normalized spacial score (nSPS) is 10.2. The van der Waals surface area contributed by atoms with Crippen LogP contribution in [0.4, 0.5) is 5.69 Å². The number of nitrogen functional groups attached to an aromatic ring is 1. The topological polar surface area (TPSA) is 35.2 Å². The van der Waals surface area contributed by atoms with E-state index in [9.17, 15) is 0 Å². The quantitative estimate of drug-likeness (QED) is 0.859. The SMILES string of the molecule is Nc1cc(Br)ccc1COc1cccc(Cl)c1. The van der Waals surface area contributed by atoms with Gasteiger partial charge in [0.05, 0.1) is 0 Å². The summed E-state index contributed by atoms with van der Waals surface area (Å²) in [7, 11) is 0. The number of halogens is 2. The van der Waals surface area contributed by atoms with Crippen LogP contribution in [0.5, 0.6) is 5.75 Å². The van der Waals surface area contributed by atoms with E-state index in [0.717, 1.165) is 15.8 Å². The molecule has 0 aromatic heterocycles. The van der Waals surface area contributed by atoms with Crippen molar-refractivity contribution in [1.82, 2.24) is 0 Å². The summed E-state index contributed by atoms with van der Waals surface area (Å²) in [5, 5.41) is 0.659. The molecule has 2 aromatic rings. The van der Waals surface area contributed by atoms with Gasteiger partial charge < -0.3 is 10.5 Å². The van der Waals surface area contributed by atoms with Gasteiger partial charge in [-0.05, 0) is 30.3 Å². The Labute approximate surface area is 113 Å². The minimum absolute atomic E-state index is 0.430. The number of hydrogen-bond acceptors (Lipinski definition) is 2. The van der Waals surface area contributed by atoms with Gasteiger partial charge in [0.15, 0.2) is 0 Å². The number of anilines is 1. The first-order chi connectivity index (χ1) is 8.15. The standard InChI is InChI=1S/C13H11BrClNO/c14-10-5-4-9(13(16)6-10)8-17-12-3-1-2-11(15)7-12/h1-7H,8,16H2. The molecule has 0 aliphatic carbocycles. The Hall–Kier alpha value is -1.19. The maximum Gasteiger partial charge on any atom is 0.121 e. The molecule has 2 nitrogen and oxygen atoms in total. The molecule has 0 heterocycles. The van der Waals surface area contributed by atoms with Gasteiger partial charge in [0, 0.05) is 20.7 Å². The highest BCUT2D eigenvalue weighted by atomic mass is 79.9. The van der Waals surface area contributed by atoms with E-state index in [4.69, 9.17) is 22.1 Å². The molecular formula is C13H11BrClNO. The smallest absolute Gasteiger partial charge is 0.121 e. The lowest BCUT2D eigenvalue weighted by Crippen LogP contribution is -2.00. The minimum atomic E-state index is 0.430. The van der Waals surface area contributed by atoms with Gasteiger partial charge in [0.25, 0.3) is 0 Å². The monoisotopic (exact) mass is 311 g/mol. The second-order valence-electron chi connectivity index (χ2n) is 3.59. The molecule has 4 heteroatoms. The molecule has 0 aliphatic rings. The maximum absolute atomic E-state index is 5.88. The van der Waals surface area contributed by atoms with Gasteiger partial charge in [-0.25, -0.2) is 0 Å². The molecule has 0 unspecified atom stereocenters. The third-order valence-electron chi connectivity index (χ3n) is 2.30. The van der Waals surface area contributed by atoms with Gasteiger partial charge in [-0.1, -0.05) is 39.7 Å². The van der Waals surface area contributed by atoms with Crippen molar-refractivity contribution >= 4 is 33.2 Å². The molecule has 0 bridgehead atoms.